The van der Waals surface area contributed by atoms with Crippen LogP contribution < -0.4 is 10.9 Å². The maximum Gasteiger partial charge on any atom is 0.242 e. The van der Waals surface area contributed by atoms with Crippen LogP contribution in [0.15, 0.2) is 22.8 Å². The summed E-state index contributed by atoms with van der Waals surface area (Å²) in [6.07, 6.45) is 2.21. The molecule has 2 amide bonds. The van der Waals surface area contributed by atoms with Gasteiger partial charge in [-0.05, 0) is 37.3 Å². The Bertz CT molecular complexity index is 961. The molecule has 1 unspecified atom stereocenters. The van der Waals surface area contributed by atoms with Gasteiger partial charge in [0.1, 0.15) is 5.58 Å². The molecule has 0 saturated carbocycles. The molecule has 140 valence electrons. The van der Waals surface area contributed by atoms with E-state index in [9.17, 15) is 18.0 Å². The summed E-state index contributed by atoms with van der Waals surface area (Å²) < 4.78 is 28.4. The van der Waals surface area contributed by atoms with Gasteiger partial charge in [-0.2, -0.15) is 0 Å². The summed E-state index contributed by atoms with van der Waals surface area (Å²) in [4.78, 5) is 24.0. The normalized spacial score (nSPS) is 18.8. The van der Waals surface area contributed by atoms with Crippen LogP contribution in [0.2, 0.25) is 0 Å². The molecular weight excluding hydrogens is 356 g/mol. The maximum absolute atomic E-state index is 12.1. The van der Waals surface area contributed by atoms with E-state index in [0.29, 0.717) is 6.42 Å². The second-order valence-electron chi connectivity index (χ2n) is 6.89. The van der Waals surface area contributed by atoms with Crippen molar-refractivity contribution in [1.29, 1.82) is 0 Å². The number of benzene rings is 1. The third-order valence-corrected chi connectivity index (χ3v) is 6.67. The Morgan fingerprint density at radius 3 is 2.62 bits per heavy atom. The molecule has 3 rings (SSSR count). The summed E-state index contributed by atoms with van der Waals surface area (Å²) in [6.45, 7) is 3.96. The van der Waals surface area contributed by atoms with E-state index in [1.807, 2.05) is 26.0 Å². The van der Waals surface area contributed by atoms with Gasteiger partial charge < -0.3 is 4.42 Å². The van der Waals surface area contributed by atoms with E-state index in [2.05, 4.69) is 10.9 Å². The second-order valence-corrected chi connectivity index (χ2v) is 9.12. The van der Waals surface area contributed by atoms with Gasteiger partial charge in [-0.15, -0.1) is 0 Å². The SMILES string of the molecule is Cc1ccc2c(CC(=O)NNC(=O)CC3CCS(=O)(=O)C3)coc2c1C. The van der Waals surface area contributed by atoms with Crippen LogP contribution in [0.25, 0.3) is 11.0 Å². The van der Waals surface area contributed by atoms with Crippen LogP contribution in [-0.2, 0) is 25.8 Å². The summed E-state index contributed by atoms with van der Waals surface area (Å²) in [5, 5.41) is 0.880. The largest absolute Gasteiger partial charge is 0.464 e. The number of aryl methyl sites for hydroxylation is 2. The van der Waals surface area contributed by atoms with Crippen molar-refractivity contribution in [3.8, 4) is 0 Å². The number of hydrazine groups is 1. The van der Waals surface area contributed by atoms with E-state index in [-0.39, 0.29) is 42.1 Å². The predicted molar refractivity (Wildman–Crippen MR) is 97.1 cm³/mol. The first-order valence-electron chi connectivity index (χ1n) is 8.49. The van der Waals surface area contributed by atoms with Gasteiger partial charge in [-0.3, -0.25) is 20.4 Å². The lowest BCUT2D eigenvalue weighted by atomic mass is 10.0. The number of carbonyl (C=O) groups excluding carboxylic acids is 2. The highest BCUT2D eigenvalue weighted by molar-refractivity contribution is 7.91. The lowest BCUT2D eigenvalue weighted by molar-refractivity contribution is -0.129. The third-order valence-electron chi connectivity index (χ3n) is 4.83. The van der Waals surface area contributed by atoms with Crippen molar-refractivity contribution in [2.45, 2.75) is 33.1 Å². The van der Waals surface area contributed by atoms with Gasteiger partial charge in [0, 0.05) is 17.4 Å². The molecule has 1 aromatic carbocycles. The number of rotatable bonds is 4. The van der Waals surface area contributed by atoms with Crippen LogP contribution in [-0.4, -0.2) is 31.7 Å². The molecule has 26 heavy (non-hydrogen) atoms. The number of nitrogens with one attached hydrogen (secondary N) is 2. The second kappa shape index (κ2) is 7.11. The predicted octanol–water partition coefficient (Wildman–Crippen LogP) is 1.56. The van der Waals surface area contributed by atoms with Gasteiger partial charge in [0.25, 0.3) is 0 Å². The Hall–Kier alpha value is -2.35. The van der Waals surface area contributed by atoms with Crippen LogP contribution in [0.1, 0.15) is 29.5 Å². The first kappa shape index (κ1) is 18.4. The Morgan fingerprint density at radius 1 is 1.19 bits per heavy atom. The van der Waals surface area contributed by atoms with Crippen molar-refractivity contribution in [3.05, 3.63) is 35.1 Å². The van der Waals surface area contributed by atoms with Gasteiger partial charge in [-0.25, -0.2) is 8.42 Å². The number of fused-ring (bicyclic) bond motifs is 1. The fourth-order valence-corrected chi connectivity index (χ4v) is 5.09. The zero-order chi connectivity index (χ0) is 18.9. The molecule has 0 spiro atoms. The topological polar surface area (TPSA) is 105 Å². The van der Waals surface area contributed by atoms with E-state index < -0.39 is 9.84 Å². The molecule has 0 aliphatic carbocycles. The number of carbonyl (C=O) groups is 2. The summed E-state index contributed by atoms with van der Waals surface area (Å²) in [5.41, 5.74) is 8.39. The summed E-state index contributed by atoms with van der Waals surface area (Å²) in [5.74, 6) is -0.763. The molecule has 0 radical (unpaired) electrons. The Labute approximate surface area is 152 Å². The van der Waals surface area contributed by atoms with Crippen LogP contribution >= 0.6 is 0 Å². The smallest absolute Gasteiger partial charge is 0.242 e. The highest BCUT2D eigenvalue weighted by atomic mass is 32.2. The zero-order valence-electron chi connectivity index (χ0n) is 14.8. The van der Waals surface area contributed by atoms with E-state index in [1.165, 1.54) is 0 Å². The Kier molecular flexibility index (Phi) is 5.04. The van der Waals surface area contributed by atoms with E-state index in [0.717, 1.165) is 27.7 Å². The first-order chi connectivity index (χ1) is 12.2. The minimum absolute atomic E-state index is 0.0359. The number of furan rings is 1. The molecule has 1 aliphatic heterocycles. The molecule has 1 fully saturated rings. The van der Waals surface area contributed by atoms with Gasteiger partial charge in [0.15, 0.2) is 9.84 Å². The van der Waals surface area contributed by atoms with E-state index in [4.69, 9.17) is 4.42 Å². The van der Waals surface area contributed by atoms with Crippen molar-refractivity contribution in [1.82, 2.24) is 10.9 Å². The van der Waals surface area contributed by atoms with Crippen molar-refractivity contribution in [2.75, 3.05) is 11.5 Å². The molecule has 8 heteroatoms. The standard InChI is InChI=1S/C18H22N2O5S/c1-11-3-4-15-14(9-25-18(15)12(11)2)8-17(22)20-19-16(21)7-13-5-6-26(23,24)10-13/h3-4,9,13H,5-8,10H2,1-2H3,(H,19,21)(H,20,22). The third kappa shape index (κ3) is 4.07. The van der Waals surface area contributed by atoms with Crippen molar-refractivity contribution < 1.29 is 22.4 Å². The minimum Gasteiger partial charge on any atom is -0.464 e. The molecular formula is C18H22N2O5S. The number of amides is 2. The number of sulfone groups is 1. The maximum atomic E-state index is 12.1. The van der Waals surface area contributed by atoms with E-state index >= 15 is 0 Å². The molecule has 1 saturated heterocycles. The summed E-state index contributed by atoms with van der Waals surface area (Å²) >= 11 is 0. The van der Waals surface area contributed by atoms with Crippen LogP contribution in [0.3, 0.4) is 0 Å². The average Bonchev–Trinajstić information content (AvgIpc) is 3.12. The molecule has 7 nitrogen and oxygen atoms in total. The fourth-order valence-electron chi connectivity index (χ4n) is 3.23. The highest BCUT2D eigenvalue weighted by Crippen LogP contribution is 2.26. The number of hydrogen-bond donors (Lipinski definition) is 2. The first-order valence-corrected chi connectivity index (χ1v) is 10.3. The van der Waals surface area contributed by atoms with Crippen LogP contribution in [0, 0.1) is 19.8 Å². The van der Waals surface area contributed by atoms with Crippen molar-refractivity contribution in [3.63, 3.8) is 0 Å². The molecule has 1 atom stereocenters. The van der Waals surface area contributed by atoms with Gasteiger partial charge in [0.2, 0.25) is 11.8 Å². The van der Waals surface area contributed by atoms with Crippen LogP contribution in [0.4, 0.5) is 0 Å². The molecule has 1 aromatic heterocycles. The molecule has 2 N–H and O–H groups in total. The van der Waals surface area contributed by atoms with Crippen molar-refractivity contribution in [2.24, 2.45) is 5.92 Å². The van der Waals surface area contributed by atoms with Gasteiger partial charge >= 0.3 is 0 Å². The monoisotopic (exact) mass is 378 g/mol. The summed E-state index contributed by atoms with van der Waals surface area (Å²) in [7, 11) is -3.01. The quantitative estimate of drug-likeness (QED) is 0.786. The van der Waals surface area contributed by atoms with Crippen LogP contribution in [0.5, 0.6) is 0 Å². The lowest BCUT2D eigenvalue weighted by Gasteiger charge is -2.09. The average molecular weight is 378 g/mol. The fraction of sp³-hybridized carbons (Fsp3) is 0.444. The molecule has 2 heterocycles. The lowest BCUT2D eigenvalue weighted by Crippen LogP contribution is -2.43. The van der Waals surface area contributed by atoms with Gasteiger partial charge in [0.05, 0.1) is 24.2 Å². The Balaban J connectivity index is 1.53. The molecule has 1 aliphatic rings. The van der Waals surface area contributed by atoms with E-state index in [1.54, 1.807) is 6.26 Å². The zero-order valence-corrected chi connectivity index (χ0v) is 15.6. The molecule has 2 aromatic rings. The summed E-state index contributed by atoms with van der Waals surface area (Å²) in [6, 6.07) is 3.90. The Morgan fingerprint density at radius 2 is 1.92 bits per heavy atom. The molecule has 0 bridgehead atoms. The highest BCUT2D eigenvalue weighted by Gasteiger charge is 2.29. The minimum atomic E-state index is -3.01. The van der Waals surface area contributed by atoms with Gasteiger partial charge in [-0.1, -0.05) is 12.1 Å². The number of hydrogen-bond acceptors (Lipinski definition) is 5. The van der Waals surface area contributed by atoms with Crippen molar-refractivity contribution >= 4 is 32.6 Å².